The number of fused-ring (bicyclic) bond motifs is 3. The molecule has 1 spiro atoms. The Hall–Kier alpha value is -1.88. The number of carbonyl (C=O) groups is 1. The van der Waals surface area contributed by atoms with Crippen molar-refractivity contribution >= 4 is 22.4 Å². The van der Waals surface area contributed by atoms with Gasteiger partial charge in [-0.15, -0.1) is 0 Å². The van der Waals surface area contributed by atoms with Crippen LogP contribution in [0.15, 0.2) is 18.2 Å². The van der Waals surface area contributed by atoms with E-state index in [9.17, 15) is 4.79 Å². The zero-order valence-electron chi connectivity index (χ0n) is 13.5. The lowest BCUT2D eigenvalue weighted by Gasteiger charge is -2.21. The van der Waals surface area contributed by atoms with Crippen LogP contribution in [-0.2, 0) is 22.4 Å². The molecule has 5 rings (SSSR count). The molecule has 1 saturated carbocycles. The second-order valence-electron chi connectivity index (χ2n) is 7.52. The molecule has 124 valence electrons. The molecule has 1 saturated heterocycles. The maximum atomic E-state index is 11.5. The van der Waals surface area contributed by atoms with Gasteiger partial charge < -0.3 is 10.5 Å². The number of hydrogen-bond donors (Lipinski definition) is 1. The second kappa shape index (κ2) is 5.06. The van der Waals surface area contributed by atoms with Crippen LogP contribution in [0.2, 0.25) is 0 Å². The summed E-state index contributed by atoms with van der Waals surface area (Å²) in [5, 5.41) is 0.667. The number of aryl methyl sites for hydroxylation is 2. The van der Waals surface area contributed by atoms with E-state index in [-0.39, 0.29) is 11.4 Å². The highest BCUT2D eigenvalue weighted by molar-refractivity contribution is 7.18. The number of nitrogens with two attached hydrogens (primary N) is 1. The molecule has 0 radical (unpaired) electrons. The number of thiazole rings is 1. The van der Waals surface area contributed by atoms with E-state index < -0.39 is 0 Å². The van der Waals surface area contributed by atoms with Gasteiger partial charge in [-0.05, 0) is 54.7 Å². The fourth-order valence-corrected chi connectivity index (χ4v) is 5.66. The molecular formula is C19H20N2O2S. The van der Waals surface area contributed by atoms with E-state index in [1.165, 1.54) is 21.6 Å². The molecular weight excluding hydrogens is 320 g/mol. The maximum Gasteiger partial charge on any atom is 0.306 e. The van der Waals surface area contributed by atoms with Gasteiger partial charge in [-0.1, -0.05) is 29.5 Å². The van der Waals surface area contributed by atoms with E-state index in [0.717, 1.165) is 37.8 Å². The van der Waals surface area contributed by atoms with E-state index in [4.69, 9.17) is 10.5 Å². The number of hydrogen-bond acceptors (Lipinski definition) is 5. The van der Waals surface area contributed by atoms with Crippen LogP contribution >= 0.6 is 11.3 Å². The largest absolute Gasteiger partial charge is 0.465 e. The Morgan fingerprint density at radius 3 is 3.08 bits per heavy atom. The molecule has 4 nitrogen and oxygen atoms in total. The van der Waals surface area contributed by atoms with E-state index in [2.05, 4.69) is 23.2 Å². The molecule has 0 amide bonds. The smallest absolute Gasteiger partial charge is 0.306 e. The van der Waals surface area contributed by atoms with Crippen LogP contribution in [0.25, 0.3) is 10.4 Å². The fraction of sp³-hybridized carbons (Fsp3) is 0.474. The summed E-state index contributed by atoms with van der Waals surface area (Å²) < 4.78 is 5.25. The van der Waals surface area contributed by atoms with E-state index in [1.807, 2.05) is 0 Å². The Labute approximate surface area is 145 Å². The Bertz CT molecular complexity index is 844. The first-order valence-electron chi connectivity index (χ1n) is 8.66. The number of anilines is 1. The summed E-state index contributed by atoms with van der Waals surface area (Å²) in [6.45, 7) is 0.622. The first-order chi connectivity index (χ1) is 11.6. The van der Waals surface area contributed by atoms with Gasteiger partial charge in [0.2, 0.25) is 0 Å². The highest BCUT2D eigenvalue weighted by atomic mass is 32.1. The van der Waals surface area contributed by atoms with Crippen molar-refractivity contribution in [2.75, 3.05) is 12.3 Å². The van der Waals surface area contributed by atoms with Gasteiger partial charge >= 0.3 is 5.97 Å². The molecule has 2 heterocycles. The summed E-state index contributed by atoms with van der Waals surface area (Å²) in [4.78, 5) is 17.2. The summed E-state index contributed by atoms with van der Waals surface area (Å²) in [5.74, 6) is 0.536. The number of ether oxygens (including phenoxy) is 1. The van der Waals surface area contributed by atoms with Crippen molar-refractivity contribution in [3.05, 3.63) is 35.0 Å². The number of carbonyl (C=O) groups excluding carboxylic acids is 1. The molecule has 1 aromatic heterocycles. The molecule has 0 unspecified atom stereocenters. The number of esters is 1. The van der Waals surface area contributed by atoms with Crippen molar-refractivity contribution in [3.8, 4) is 10.4 Å². The van der Waals surface area contributed by atoms with Crippen molar-refractivity contribution < 1.29 is 9.53 Å². The van der Waals surface area contributed by atoms with Gasteiger partial charge in [0.25, 0.3) is 0 Å². The van der Waals surface area contributed by atoms with Crippen LogP contribution in [0.3, 0.4) is 0 Å². The number of benzene rings is 1. The third kappa shape index (κ3) is 2.18. The van der Waals surface area contributed by atoms with Crippen molar-refractivity contribution in [2.24, 2.45) is 5.41 Å². The zero-order valence-corrected chi connectivity index (χ0v) is 14.3. The predicted molar refractivity (Wildman–Crippen MR) is 94.0 cm³/mol. The minimum Gasteiger partial charge on any atom is -0.465 e. The van der Waals surface area contributed by atoms with E-state index >= 15 is 0 Å². The molecule has 2 atom stereocenters. The maximum absolute atomic E-state index is 11.5. The van der Waals surface area contributed by atoms with Crippen LogP contribution in [0, 0.1) is 5.41 Å². The Kier molecular flexibility index (Phi) is 3.05. The van der Waals surface area contributed by atoms with Crippen LogP contribution in [-0.4, -0.2) is 17.6 Å². The molecule has 5 heteroatoms. The first kappa shape index (κ1) is 14.5. The van der Waals surface area contributed by atoms with E-state index in [0.29, 0.717) is 24.1 Å². The molecule has 2 N–H and O–H groups in total. The summed E-state index contributed by atoms with van der Waals surface area (Å²) in [6, 6.07) is 6.90. The second-order valence-corrected chi connectivity index (χ2v) is 8.55. The van der Waals surface area contributed by atoms with Gasteiger partial charge in [0.15, 0.2) is 5.13 Å². The molecule has 0 bridgehead atoms. The van der Waals surface area contributed by atoms with Crippen molar-refractivity contribution in [1.82, 2.24) is 4.98 Å². The van der Waals surface area contributed by atoms with Gasteiger partial charge in [-0.3, -0.25) is 4.79 Å². The number of cyclic esters (lactones) is 1. The molecule has 2 fully saturated rings. The lowest BCUT2D eigenvalue weighted by atomic mass is 9.82. The summed E-state index contributed by atoms with van der Waals surface area (Å²) >= 11 is 1.60. The third-order valence-electron chi connectivity index (χ3n) is 5.95. The van der Waals surface area contributed by atoms with Gasteiger partial charge in [0.05, 0.1) is 23.6 Å². The Morgan fingerprint density at radius 2 is 2.25 bits per heavy atom. The fourth-order valence-electron chi connectivity index (χ4n) is 4.72. The average molecular weight is 340 g/mol. The monoisotopic (exact) mass is 340 g/mol. The van der Waals surface area contributed by atoms with E-state index in [1.54, 1.807) is 11.3 Å². The molecule has 1 aromatic carbocycles. The Balaban J connectivity index is 1.44. The standard InChI is InChI=1S/C19H20N2O2S/c20-18-21-15-4-2-12-7-11(1-3-14(12)17(15)24-18)13-5-6-19(8-13)9-16(22)23-10-19/h1,3,7,13H,2,4-6,8-10H2,(H2,20,21)/t13-,19-/m0/s1. The molecule has 1 aliphatic heterocycles. The number of rotatable bonds is 1. The van der Waals surface area contributed by atoms with Gasteiger partial charge in [0, 0.05) is 5.41 Å². The normalized spacial score (nSPS) is 28.0. The molecule has 2 aromatic rings. The van der Waals surface area contributed by atoms with Crippen LogP contribution in [0.1, 0.15) is 48.4 Å². The topological polar surface area (TPSA) is 65.2 Å². The summed E-state index contributed by atoms with van der Waals surface area (Å²) in [6.07, 6.45) is 5.98. The molecule has 2 aliphatic carbocycles. The predicted octanol–water partition coefficient (Wildman–Crippen LogP) is 3.69. The number of nitrogens with zero attached hydrogens (tertiary/aromatic N) is 1. The van der Waals surface area contributed by atoms with Crippen LogP contribution in [0.5, 0.6) is 0 Å². The van der Waals surface area contributed by atoms with Gasteiger partial charge in [0.1, 0.15) is 0 Å². The van der Waals surface area contributed by atoms with Crippen molar-refractivity contribution in [3.63, 3.8) is 0 Å². The minimum atomic E-state index is -0.0172. The summed E-state index contributed by atoms with van der Waals surface area (Å²) in [7, 11) is 0. The summed E-state index contributed by atoms with van der Waals surface area (Å²) in [5.41, 5.74) is 11.3. The lowest BCUT2D eigenvalue weighted by molar-refractivity contribution is -0.137. The van der Waals surface area contributed by atoms with Gasteiger partial charge in [-0.2, -0.15) is 0 Å². The number of aromatic nitrogens is 1. The average Bonchev–Trinajstić information content (AvgIpc) is 3.26. The molecule has 24 heavy (non-hydrogen) atoms. The lowest BCUT2D eigenvalue weighted by Crippen LogP contribution is -2.16. The quantitative estimate of drug-likeness (QED) is 0.804. The minimum absolute atomic E-state index is 0.0172. The first-order valence-corrected chi connectivity index (χ1v) is 9.48. The van der Waals surface area contributed by atoms with Crippen LogP contribution in [0.4, 0.5) is 5.13 Å². The number of nitrogen functional groups attached to an aromatic ring is 1. The zero-order chi connectivity index (χ0) is 16.3. The highest BCUT2D eigenvalue weighted by Gasteiger charge is 2.46. The molecule has 3 aliphatic rings. The van der Waals surface area contributed by atoms with Crippen molar-refractivity contribution in [1.29, 1.82) is 0 Å². The Morgan fingerprint density at radius 1 is 1.33 bits per heavy atom. The third-order valence-corrected chi connectivity index (χ3v) is 6.91. The SMILES string of the molecule is Nc1nc2c(s1)-c1ccc([C@H]3CC[C@]4(COC(=O)C4)C3)cc1CC2. The van der Waals surface area contributed by atoms with Crippen molar-refractivity contribution in [2.45, 2.75) is 44.4 Å². The highest BCUT2D eigenvalue weighted by Crippen LogP contribution is 2.52. The van der Waals surface area contributed by atoms with Gasteiger partial charge in [-0.25, -0.2) is 4.98 Å². The van der Waals surface area contributed by atoms with Crippen LogP contribution < -0.4 is 5.73 Å².